The van der Waals surface area contributed by atoms with Crippen LogP contribution in [0.2, 0.25) is 0 Å². The highest BCUT2D eigenvalue weighted by Gasteiger charge is 2.28. The van der Waals surface area contributed by atoms with E-state index in [9.17, 15) is 0 Å². The fourth-order valence-corrected chi connectivity index (χ4v) is 2.62. The van der Waals surface area contributed by atoms with Gasteiger partial charge in [0, 0.05) is 17.9 Å². The maximum atomic E-state index is 6.23. The van der Waals surface area contributed by atoms with Crippen LogP contribution < -0.4 is 5.73 Å². The smallest absolute Gasteiger partial charge is 0.0476 e. The van der Waals surface area contributed by atoms with Gasteiger partial charge in [0.15, 0.2) is 0 Å². The van der Waals surface area contributed by atoms with E-state index in [1.807, 2.05) is 12.3 Å². The molecule has 0 radical (unpaired) electrons. The molecule has 3 unspecified atom stereocenters. The summed E-state index contributed by atoms with van der Waals surface area (Å²) >= 11 is 0. The maximum Gasteiger partial charge on any atom is 0.0476 e. The fourth-order valence-electron chi connectivity index (χ4n) is 2.62. The molecule has 1 aliphatic rings. The molecule has 2 nitrogen and oxygen atoms in total. The van der Waals surface area contributed by atoms with E-state index in [0.717, 1.165) is 5.92 Å². The summed E-state index contributed by atoms with van der Waals surface area (Å²) in [4.78, 5) is 3.22. The number of rotatable bonds is 3. The van der Waals surface area contributed by atoms with Crippen molar-refractivity contribution in [2.24, 2.45) is 17.6 Å². The Morgan fingerprint density at radius 2 is 2.43 bits per heavy atom. The molecular formula is C12H20N2. The molecule has 3 N–H and O–H groups in total. The number of hydrogen-bond donors (Lipinski definition) is 2. The zero-order valence-electron chi connectivity index (χ0n) is 8.87. The Morgan fingerprint density at radius 1 is 1.57 bits per heavy atom. The minimum absolute atomic E-state index is 0.224. The third kappa shape index (κ3) is 1.85. The van der Waals surface area contributed by atoms with Gasteiger partial charge in [-0.05, 0) is 36.8 Å². The molecule has 0 saturated heterocycles. The van der Waals surface area contributed by atoms with Crippen LogP contribution in [-0.4, -0.2) is 4.98 Å². The van der Waals surface area contributed by atoms with E-state index in [4.69, 9.17) is 5.73 Å². The van der Waals surface area contributed by atoms with Crippen molar-refractivity contribution in [3.8, 4) is 0 Å². The van der Waals surface area contributed by atoms with Crippen LogP contribution in [0, 0.1) is 11.8 Å². The number of hydrogen-bond acceptors (Lipinski definition) is 1. The van der Waals surface area contributed by atoms with E-state index in [2.05, 4.69) is 18.0 Å². The van der Waals surface area contributed by atoms with Crippen LogP contribution in [0.15, 0.2) is 18.3 Å². The monoisotopic (exact) mass is 192 g/mol. The molecule has 1 aromatic heterocycles. The molecule has 0 aliphatic heterocycles. The normalized spacial score (nSPS) is 29.3. The van der Waals surface area contributed by atoms with Gasteiger partial charge in [0.25, 0.3) is 0 Å². The van der Waals surface area contributed by atoms with Crippen LogP contribution >= 0.6 is 0 Å². The Hall–Kier alpha value is -0.760. The van der Waals surface area contributed by atoms with Crippen molar-refractivity contribution in [1.29, 1.82) is 0 Å². The molecule has 2 rings (SSSR count). The van der Waals surface area contributed by atoms with E-state index < -0.39 is 0 Å². The second-order valence-electron chi connectivity index (χ2n) is 4.50. The third-order valence-corrected chi connectivity index (χ3v) is 3.65. The Labute approximate surface area is 85.9 Å². The minimum atomic E-state index is 0.224. The first-order valence-electron chi connectivity index (χ1n) is 5.70. The number of H-pyrrole nitrogens is 1. The maximum absolute atomic E-state index is 6.23. The molecule has 2 heteroatoms. The van der Waals surface area contributed by atoms with E-state index in [1.165, 1.54) is 31.4 Å². The molecular weight excluding hydrogens is 172 g/mol. The first-order valence-corrected chi connectivity index (χ1v) is 5.70. The van der Waals surface area contributed by atoms with E-state index in [-0.39, 0.29) is 6.04 Å². The number of nitrogens with one attached hydrogen (secondary N) is 1. The summed E-state index contributed by atoms with van der Waals surface area (Å²) in [6.45, 7) is 2.28. The second-order valence-corrected chi connectivity index (χ2v) is 4.50. The van der Waals surface area contributed by atoms with Crippen molar-refractivity contribution < 1.29 is 0 Å². The molecule has 1 aliphatic carbocycles. The Morgan fingerprint density at radius 3 is 3.00 bits per heavy atom. The predicted octanol–water partition coefficient (Wildman–Crippen LogP) is 2.84. The van der Waals surface area contributed by atoms with Gasteiger partial charge in [0.05, 0.1) is 0 Å². The zero-order chi connectivity index (χ0) is 9.97. The first kappa shape index (κ1) is 9.78. The zero-order valence-corrected chi connectivity index (χ0v) is 8.87. The van der Waals surface area contributed by atoms with Crippen LogP contribution in [-0.2, 0) is 0 Å². The van der Waals surface area contributed by atoms with Crippen molar-refractivity contribution in [3.63, 3.8) is 0 Å². The molecule has 1 heterocycles. The summed E-state index contributed by atoms with van der Waals surface area (Å²) < 4.78 is 0. The van der Waals surface area contributed by atoms with Gasteiger partial charge < -0.3 is 10.7 Å². The minimum Gasteiger partial charge on any atom is -0.364 e. The van der Waals surface area contributed by atoms with Gasteiger partial charge in [-0.15, -0.1) is 0 Å². The van der Waals surface area contributed by atoms with Crippen LogP contribution in [0.25, 0.3) is 0 Å². The lowest BCUT2D eigenvalue weighted by molar-refractivity contribution is 0.411. The van der Waals surface area contributed by atoms with Crippen LogP contribution in [0.5, 0.6) is 0 Å². The summed E-state index contributed by atoms with van der Waals surface area (Å²) in [6, 6.07) is 4.35. The van der Waals surface area contributed by atoms with Gasteiger partial charge in [0.1, 0.15) is 0 Å². The summed E-state index contributed by atoms with van der Waals surface area (Å²) in [7, 11) is 0. The van der Waals surface area contributed by atoms with Gasteiger partial charge >= 0.3 is 0 Å². The highest BCUT2D eigenvalue weighted by Crippen LogP contribution is 2.38. The largest absolute Gasteiger partial charge is 0.364 e. The molecule has 78 valence electrons. The second kappa shape index (κ2) is 4.18. The number of aromatic nitrogens is 1. The summed E-state index contributed by atoms with van der Waals surface area (Å²) in [5.41, 5.74) is 7.43. The molecule has 1 saturated carbocycles. The molecule has 1 fully saturated rings. The van der Waals surface area contributed by atoms with Crippen molar-refractivity contribution in [2.45, 2.75) is 38.6 Å². The summed E-state index contributed by atoms with van der Waals surface area (Å²) in [5.74, 6) is 1.61. The molecule has 0 aromatic carbocycles. The molecule has 3 atom stereocenters. The average Bonchev–Trinajstić information content (AvgIpc) is 2.88. The van der Waals surface area contributed by atoms with Gasteiger partial charge in [-0.2, -0.15) is 0 Å². The van der Waals surface area contributed by atoms with Crippen molar-refractivity contribution in [3.05, 3.63) is 24.0 Å². The Kier molecular flexibility index (Phi) is 2.92. The summed E-state index contributed by atoms with van der Waals surface area (Å²) in [5, 5.41) is 0. The lowest BCUT2D eigenvalue weighted by atomic mass is 9.94. The SMILES string of the molecule is CCC1CCC(C(N)c2ccc[nH]2)C1. The molecule has 0 spiro atoms. The van der Waals surface area contributed by atoms with E-state index in [0.29, 0.717) is 5.92 Å². The van der Waals surface area contributed by atoms with Crippen molar-refractivity contribution in [1.82, 2.24) is 4.98 Å². The van der Waals surface area contributed by atoms with Crippen molar-refractivity contribution in [2.75, 3.05) is 0 Å². The standard InChI is InChI=1S/C12H20N2/c1-2-9-5-6-10(8-9)12(13)11-4-3-7-14-11/h3-4,7,9-10,12,14H,2,5-6,8,13H2,1H3. The number of aromatic amines is 1. The van der Waals surface area contributed by atoms with E-state index in [1.54, 1.807) is 0 Å². The molecule has 14 heavy (non-hydrogen) atoms. The van der Waals surface area contributed by atoms with Gasteiger partial charge in [-0.3, -0.25) is 0 Å². The highest BCUT2D eigenvalue weighted by atomic mass is 14.8. The van der Waals surface area contributed by atoms with Crippen LogP contribution in [0.3, 0.4) is 0 Å². The van der Waals surface area contributed by atoms with Crippen LogP contribution in [0.4, 0.5) is 0 Å². The van der Waals surface area contributed by atoms with Gasteiger partial charge in [0.2, 0.25) is 0 Å². The van der Waals surface area contributed by atoms with Gasteiger partial charge in [-0.1, -0.05) is 19.8 Å². The molecule has 1 aromatic rings. The predicted molar refractivity (Wildman–Crippen MR) is 58.8 cm³/mol. The fraction of sp³-hybridized carbons (Fsp3) is 0.667. The molecule has 0 amide bonds. The lowest BCUT2D eigenvalue weighted by Crippen LogP contribution is -2.19. The molecule has 0 bridgehead atoms. The Balaban J connectivity index is 1.97. The number of nitrogens with two attached hydrogens (primary N) is 1. The topological polar surface area (TPSA) is 41.8 Å². The lowest BCUT2D eigenvalue weighted by Gasteiger charge is -2.18. The van der Waals surface area contributed by atoms with Gasteiger partial charge in [-0.25, -0.2) is 0 Å². The van der Waals surface area contributed by atoms with Crippen LogP contribution in [0.1, 0.15) is 44.3 Å². The van der Waals surface area contributed by atoms with E-state index >= 15 is 0 Å². The third-order valence-electron chi connectivity index (χ3n) is 3.65. The summed E-state index contributed by atoms with van der Waals surface area (Å²) in [6.07, 6.45) is 7.26. The first-order chi connectivity index (χ1) is 6.81. The Bertz CT molecular complexity index is 266. The average molecular weight is 192 g/mol. The quantitative estimate of drug-likeness (QED) is 0.759. The highest BCUT2D eigenvalue weighted by molar-refractivity contribution is 5.10. The van der Waals surface area contributed by atoms with Crippen molar-refractivity contribution >= 4 is 0 Å².